The summed E-state index contributed by atoms with van der Waals surface area (Å²) < 4.78 is 43.0. The highest BCUT2D eigenvalue weighted by Crippen LogP contribution is 2.35. The van der Waals surface area contributed by atoms with E-state index in [4.69, 9.17) is 11.6 Å². The van der Waals surface area contributed by atoms with Crippen LogP contribution in [0.25, 0.3) is 17.0 Å². The highest BCUT2D eigenvalue weighted by atomic mass is 35.5. The molecule has 2 fully saturated rings. The molecule has 12 heteroatoms. The minimum absolute atomic E-state index is 0.00174. The molecule has 2 aromatic carbocycles. The molecule has 3 heterocycles. The first-order valence-corrected chi connectivity index (χ1v) is 12.4. The number of rotatable bonds is 5. The minimum atomic E-state index is -4.55. The fourth-order valence-corrected chi connectivity index (χ4v) is 5.40. The number of hydrogen-bond acceptors (Lipinski definition) is 6. The summed E-state index contributed by atoms with van der Waals surface area (Å²) in [6, 6.07) is 8.51. The van der Waals surface area contributed by atoms with Crippen LogP contribution in [0, 0.1) is 5.92 Å². The van der Waals surface area contributed by atoms with Crippen LogP contribution >= 0.6 is 23.4 Å². The van der Waals surface area contributed by atoms with Gasteiger partial charge in [0.25, 0.3) is 0 Å². The van der Waals surface area contributed by atoms with Gasteiger partial charge in [0, 0.05) is 28.7 Å². The maximum Gasteiger partial charge on any atom is 0.462 e. The van der Waals surface area contributed by atoms with E-state index in [2.05, 4.69) is 10.4 Å². The summed E-state index contributed by atoms with van der Waals surface area (Å²) in [5.41, 5.74) is 0.472. The smallest absolute Gasteiger partial charge is 0.307 e. The topological polar surface area (TPSA) is 84.1 Å². The summed E-state index contributed by atoms with van der Waals surface area (Å²) in [5.74, 6) is -0.550. The number of imide groups is 1. The molecule has 3 aromatic rings. The number of benzene rings is 2. The van der Waals surface area contributed by atoms with Crippen molar-refractivity contribution in [3.05, 3.63) is 69.2 Å². The number of alkyl halides is 3. The van der Waals surface area contributed by atoms with Gasteiger partial charge in [-0.2, -0.15) is 18.3 Å². The van der Waals surface area contributed by atoms with Crippen LogP contribution < -0.4 is 5.32 Å². The number of thioether (sulfide) groups is 1. The summed E-state index contributed by atoms with van der Waals surface area (Å²) in [7, 11) is 0. The summed E-state index contributed by atoms with van der Waals surface area (Å²) in [4.78, 5) is 36.5. The molecular weight excluding hydrogens is 529 g/mol. The van der Waals surface area contributed by atoms with Gasteiger partial charge >= 0.3 is 17.3 Å². The second-order valence-corrected chi connectivity index (χ2v) is 10.2. The molecule has 2 unspecified atom stereocenters. The van der Waals surface area contributed by atoms with Crippen LogP contribution in [-0.4, -0.2) is 50.6 Å². The number of halogens is 4. The maximum absolute atomic E-state index is 13.5. The normalized spacial score (nSPS) is 22.6. The van der Waals surface area contributed by atoms with Gasteiger partial charge in [-0.15, -0.1) is 0 Å². The molecule has 2 aliphatic rings. The van der Waals surface area contributed by atoms with E-state index in [-0.39, 0.29) is 34.0 Å². The van der Waals surface area contributed by atoms with Crippen molar-refractivity contribution >= 4 is 64.0 Å². The Hall–Kier alpha value is -3.28. The lowest BCUT2D eigenvalue weighted by molar-refractivity contribution is -0.337. The van der Waals surface area contributed by atoms with Crippen LogP contribution in [0.1, 0.15) is 23.1 Å². The monoisotopic (exact) mass is 547 g/mol. The van der Waals surface area contributed by atoms with Gasteiger partial charge in [-0.05, 0) is 47.9 Å². The van der Waals surface area contributed by atoms with Gasteiger partial charge in [0.2, 0.25) is 0 Å². The lowest BCUT2D eigenvalue weighted by Crippen LogP contribution is -2.23. The van der Waals surface area contributed by atoms with E-state index in [1.807, 2.05) is 0 Å². The number of amides is 2. The van der Waals surface area contributed by atoms with Gasteiger partial charge in [-0.25, -0.2) is 9.59 Å². The van der Waals surface area contributed by atoms with Crippen molar-refractivity contribution in [3.63, 3.8) is 0 Å². The largest absolute Gasteiger partial charge is 0.462 e. The van der Waals surface area contributed by atoms with Crippen molar-refractivity contribution in [2.75, 3.05) is 6.54 Å². The number of carbonyl (C=O) groups is 3. The van der Waals surface area contributed by atoms with Crippen molar-refractivity contribution in [2.45, 2.75) is 25.2 Å². The number of hydrogen-bond donors (Lipinski definition) is 1. The van der Waals surface area contributed by atoms with Gasteiger partial charge in [-0.3, -0.25) is 4.68 Å². The zero-order valence-corrected chi connectivity index (χ0v) is 20.6. The quantitative estimate of drug-likeness (QED) is 0.282. The van der Waals surface area contributed by atoms with Crippen molar-refractivity contribution in [3.8, 4) is 0 Å². The van der Waals surface area contributed by atoms with Crippen molar-refractivity contribution in [2.24, 2.45) is 5.92 Å². The second kappa shape index (κ2) is 9.88. The standard InChI is InChI=1S/C25H19ClF3N4O3S/c26-18-3-2-16(20(8-18)25(27,28)29)12-33-21-4-1-14(5-17(21)10-31-33)7-22-23(35)32(24(36)37-22)11-15-6-19(13-34)30-9-15/h1-5,7-8,10-11,13,15,19,30H,6,9,12H2/q+1. The summed E-state index contributed by atoms with van der Waals surface area (Å²) in [6.45, 7) is 0.399. The highest BCUT2D eigenvalue weighted by Gasteiger charge is 2.43. The third-order valence-corrected chi connectivity index (χ3v) is 7.33. The Morgan fingerprint density at radius 3 is 2.76 bits per heavy atom. The van der Waals surface area contributed by atoms with Crippen molar-refractivity contribution in [1.82, 2.24) is 15.1 Å². The second-order valence-electron chi connectivity index (χ2n) is 8.77. The fourth-order valence-electron chi connectivity index (χ4n) is 4.42. The summed E-state index contributed by atoms with van der Waals surface area (Å²) in [6.07, 6.45) is 1.47. The zero-order chi connectivity index (χ0) is 26.3. The molecule has 1 N–H and O–H groups in total. The van der Waals surface area contributed by atoms with Crippen LogP contribution in [0.3, 0.4) is 0 Å². The molecule has 0 radical (unpaired) electrons. The number of nitrogens with zero attached hydrogens (tertiary/aromatic N) is 3. The molecule has 2 aliphatic heterocycles. The van der Waals surface area contributed by atoms with Crippen LogP contribution in [0.4, 0.5) is 18.0 Å². The van der Waals surface area contributed by atoms with Gasteiger partial charge in [0.15, 0.2) is 6.21 Å². The van der Waals surface area contributed by atoms with E-state index in [1.54, 1.807) is 30.5 Å². The first kappa shape index (κ1) is 25.4. The van der Waals surface area contributed by atoms with Crippen LogP contribution in [0.5, 0.6) is 0 Å². The number of nitrogens with one attached hydrogen (secondary N) is 1. The molecule has 0 saturated carbocycles. The van der Waals surface area contributed by atoms with Crippen molar-refractivity contribution < 1.29 is 32.1 Å². The Balaban J connectivity index is 1.38. The van der Waals surface area contributed by atoms with Crippen LogP contribution in [-0.2, 0) is 22.3 Å². The van der Waals surface area contributed by atoms with E-state index >= 15 is 0 Å². The predicted octanol–water partition coefficient (Wildman–Crippen LogP) is 4.75. The predicted molar refractivity (Wildman–Crippen MR) is 134 cm³/mol. The molecule has 2 saturated heterocycles. The number of carbonyl (C=O) groups excluding carboxylic acids is 3. The Kier molecular flexibility index (Phi) is 6.78. The molecule has 37 heavy (non-hydrogen) atoms. The van der Waals surface area contributed by atoms with E-state index in [0.717, 1.165) is 28.7 Å². The van der Waals surface area contributed by atoms with Gasteiger partial charge < -0.3 is 10.1 Å². The molecule has 0 spiro atoms. The molecule has 190 valence electrons. The van der Waals surface area contributed by atoms with E-state index in [1.165, 1.54) is 23.0 Å². The Morgan fingerprint density at radius 2 is 2.03 bits per heavy atom. The first-order chi connectivity index (χ1) is 17.6. The lowest BCUT2D eigenvalue weighted by Gasteiger charge is -2.14. The molecule has 5 rings (SSSR count). The third kappa shape index (κ3) is 5.25. The maximum atomic E-state index is 13.5. The van der Waals surface area contributed by atoms with E-state index in [9.17, 15) is 27.6 Å². The van der Waals surface area contributed by atoms with E-state index in [0.29, 0.717) is 29.4 Å². The molecule has 2 amide bonds. The molecule has 0 bridgehead atoms. The lowest BCUT2D eigenvalue weighted by atomic mass is 10.1. The van der Waals surface area contributed by atoms with E-state index < -0.39 is 22.9 Å². The summed E-state index contributed by atoms with van der Waals surface area (Å²) in [5, 5.41) is 7.51. The minimum Gasteiger partial charge on any atom is -0.307 e. The third-order valence-electron chi connectivity index (χ3n) is 6.21. The van der Waals surface area contributed by atoms with Crippen LogP contribution in [0.15, 0.2) is 47.5 Å². The van der Waals surface area contributed by atoms with Crippen molar-refractivity contribution in [1.29, 1.82) is 0 Å². The Morgan fingerprint density at radius 1 is 1.22 bits per heavy atom. The Bertz CT molecular complexity index is 1500. The number of aromatic nitrogens is 2. The number of aldehydes is 1. The fraction of sp³-hybridized carbons (Fsp3) is 0.240. The zero-order valence-electron chi connectivity index (χ0n) is 19.0. The SMILES string of the molecule is O=CC1CC(C=[N+]2C(=O)SC(=Cc3ccc4c(cnn4Cc4ccc(Cl)cc4C(F)(F)F)c3)C2=O)CN1. The average Bonchev–Trinajstić information content (AvgIpc) is 3.54. The first-order valence-electron chi connectivity index (χ1n) is 11.2. The van der Waals surface area contributed by atoms with Gasteiger partial charge in [0.1, 0.15) is 11.2 Å². The Labute approximate surface area is 218 Å². The molecule has 2 atom stereocenters. The van der Waals surface area contributed by atoms with Gasteiger partial charge in [-0.1, -0.05) is 28.3 Å². The van der Waals surface area contributed by atoms with Gasteiger partial charge in [0.05, 0.1) is 35.8 Å². The molecule has 1 aromatic heterocycles. The molecule has 7 nitrogen and oxygen atoms in total. The molecule has 0 aliphatic carbocycles. The highest BCUT2D eigenvalue weighted by molar-refractivity contribution is 8.17. The number of fused-ring (bicyclic) bond motifs is 1. The molecular formula is C25H19ClF3N4O3S+. The summed E-state index contributed by atoms with van der Waals surface area (Å²) >= 11 is 6.60. The average molecular weight is 548 g/mol. The van der Waals surface area contributed by atoms with Crippen LogP contribution in [0.2, 0.25) is 5.02 Å².